The molecule has 0 spiro atoms. The minimum atomic E-state index is -0.425. The molecule has 0 aliphatic rings. The van der Waals surface area contributed by atoms with Gasteiger partial charge in [-0.25, -0.2) is 4.39 Å². The molecule has 1 aromatic carbocycles. The minimum absolute atomic E-state index is 0. The van der Waals surface area contributed by atoms with Gasteiger partial charge < -0.3 is 10.6 Å². The average Bonchev–Trinajstić information content (AvgIpc) is 2.22. The molecule has 1 rings (SSSR count). The Balaban J connectivity index is 0.00000256. The number of hydrogen-bond acceptors (Lipinski definition) is 2. The highest BCUT2D eigenvalue weighted by molar-refractivity contribution is 9.10. The van der Waals surface area contributed by atoms with E-state index in [2.05, 4.69) is 26.6 Å². The third kappa shape index (κ3) is 6.00. The average molecular weight is 326 g/mol. The Kier molecular flexibility index (Phi) is 8.12. The molecule has 0 saturated heterocycles. The lowest BCUT2D eigenvalue weighted by molar-refractivity contribution is 0.0953. The van der Waals surface area contributed by atoms with E-state index in [9.17, 15) is 9.18 Å². The Labute approximate surface area is 115 Å². The number of carbonyl (C=O) groups excluding carboxylic acids is 1. The van der Waals surface area contributed by atoms with E-state index in [0.717, 1.165) is 6.54 Å². The van der Waals surface area contributed by atoms with E-state index in [1.807, 2.05) is 6.92 Å². The Bertz CT molecular complexity index is 356. The quantitative estimate of drug-likeness (QED) is 0.816. The zero-order chi connectivity index (χ0) is 12.0. The molecule has 17 heavy (non-hydrogen) atoms. The van der Waals surface area contributed by atoms with Crippen molar-refractivity contribution in [2.24, 2.45) is 0 Å². The lowest BCUT2D eigenvalue weighted by Crippen LogP contribution is -2.31. The lowest BCUT2D eigenvalue weighted by atomic mass is 10.2. The summed E-state index contributed by atoms with van der Waals surface area (Å²) in [5.74, 6) is -0.690. The van der Waals surface area contributed by atoms with Gasteiger partial charge in [-0.1, -0.05) is 22.9 Å². The van der Waals surface area contributed by atoms with Crippen molar-refractivity contribution < 1.29 is 9.18 Å². The van der Waals surface area contributed by atoms with Crippen LogP contribution in [0.2, 0.25) is 0 Å². The highest BCUT2D eigenvalue weighted by Gasteiger charge is 2.07. The summed E-state index contributed by atoms with van der Waals surface area (Å²) in [6.07, 6.45) is 0. The van der Waals surface area contributed by atoms with Crippen molar-refractivity contribution in [3.05, 3.63) is 34.1 Å². The van der Waals surface area contributed by atoms with Gasteiger partial charge in [0.15, 0.2) is 0 Å². The highest BCUT2D eigenvalue weighted by atomic mass is 79.9. The molecule has 0 radical (unpaired) electrons. The summed E-state index contributed by atoms with van der Waals surface area (Å²) in [4.78, 5) is 11.6. The van der Waals surface area contributed by atoms with E-state index in [1.54, 1.807) is 6.07 Å². The molecule has 0 atom stereocenters. The van der Waals surface area contributed by atoms with E-state index < -0.39 is 5.82 Å². The summed E-state index contributed by atoms with van der Waals surface area (Å²) in [7, 11) is 0. The van der Waals surface area contributed by atoms with Crippen LogP contribution in [-0.2, 0) is 0 Å². The van der Waals surface area contributed by atoms with Gasteiger partial charge in [-0.3, -0.25) is 4.79 Å². The van der Waals surface area contributed by atoms with Crippen LogP contribution in [-0.4, -0.2) is 25.5 Å². The molecule has 96 valence electrons. The first-order valence-electron chi connectivity index (χ1n) is 5.08. The fraction of sp³-hybridized carbons (Fsp3) is 0.364. The largest absolute Gasteiger partial charge is 0.351 e. The number of carbonyl (C=O) groups is 1. The summed E-state index contributed by atoms with van der Waals surface area (Å²) in [5.41, 5.74) is 0.323. The van der Waals surface area contributed by atoms with Gasteiger partial charge in [-0.15, -0.1) is 12.4 Å². The Morgan fingerprint density at radius 3 is 2.65 bits per heavy atom. The van der Waals surface area contributed by atoms with E-state index in [4.69, 9.17) is 0 Å². The maximum atomic E-state index is 13.0. The number of nitrogens with one attached hydrogen (secondary N) is 2. The molecule has 2 N–H and O–H groups in total. The minimum Gasteiger partial charge on any atom is -0.351 e. The molecule has 6 heteroatoms. The Hall–Kier alpha value is -0.650. The SMILES string of the molecule is CCNCCNC(=O)c1cc(F)cc(Br)c1.Cl. The van der Waals surface area contributed by atoms with Gasteiger partial charge >= 0.3 is 0 Å². The van der Waals surface area contributed by atoms with Gasteiger partial charge in [-0.05, 0) is 24.7 Å². The van der Waals surface area contributed by atoms with Crippen LogP contribution in [0.3, 0.4) is 0 Å². The monoisotopic (exact) mass is 324 g/mol. The molecule has 0 aliphatic carbocycles. The molecule has 3 nitrogen and oxygen atoms in total. The van der Waals surface area contributed by atoms with E-state index in [1.165, 1.54) is 12.1 Å². The summed E-state index contributed by atoms with van der Waals surface area (Å²) < 4.78 is 13.6. The second-order valence-electron chi connectivity index (χ2n) is 3.27. The van der Waals surface area contributed by atoms with Crippen LogP contribution in [0, 0.1) is 5.82 Å². The molecule has 0 fully saturated rings. The molecule has 0 aromatic heterocycles. The molecule has 1 aromatic rings. The third-order valence-corrected chi connectivity index (χ3v) is 2.42. The molecule has 0 bridgehead atoms. The van der Waals surface area contributed by atoms with Crippen molar-refractivity contribution >= 4 is 34.2 Å². The number of hydrogen-bond donors (Lipinski definition) is 2. The van der Waals surface area contributed by atoms with Crippen LogP contribution in [0.4, 0.5) is 4.39 Å². The van der Waals surface area contributed by atoms with Gasteiger partial charge in [-0.2, -0.15) is 0 Å². The predicted molar refractivity (Wildman–Crippen MR) is 72.2 cm³/mol. The third-order valence-electron chi connectivity index (χ3n) is 1.96. The van der Waals surface area contributed by atoms with Crippen molar-refractivity contribution in [1.82, 2.24) is 10.6 Å². The standard InChI is InChI=1S/C11H14BrFN2O.ClH/c1-2-14-3-4-15-11(16)8-5-9(12)7-10(13)6-8;/h5-7,14H,2-4H2,1H3,(H,15,16);1H. The van der Waals surface area contributed by atoms with Crippen LogP contribution in [0.1, 0.15) is 17.3 Å². The van der Waals surface area contributed by atoms with Gasteiger partial charge in [0.1, 0.15) is 5.82 Å². The van der Waals surface area contributed by atoms with Crippen LogP contribution >= 0.6 is 28.3 Å². The van der Waals surface area contributed by atoms with Crippen molar-refractivity contribution in [2.45, 2.75) is 6.92 Å². The van der Waals surface area contributed by atoms with Crippen LogP contribution in [0.15, 0.2) is 22.7 Å². The number of halogens is 3. The Morgan fingerprint density at radius 1 is 1.35 bits per heavy atom. The molecule has 0 heterocycles. The van der Waals surface area contributed by atoms with Gasteiger partial charge in [0.25, 0.3) is 5.91 Å². The molecule has 0 aliphatic heterocycles. The zero-order valence-corrected chi connectivity index (χ0v) is 11.8. The van der Waals surface area contributed by atoms with E-state index in [-0.39, 0.29) is 18.3 Å². The maximum absolute atomic E-state index is 13.0. The summed E-state index contributed by atoms with van der Waals surface area (Å²) in [5, 5.41) is 5.78. The van der Waals surface area contributed by atoms with Crippen LogP contribution in [0.5, 0.6) is 0 Å². The first-order chi connectivity index (χ1) is 7.63. The number of amides is 1. The van der Waals surface area contributed by atoms with Crippen LogP contribution in [0.25, 0.3) is 0 Å². The Morgan fingerprint density at radius 2 is 2.06 bits per heavy atom. The number of likely N-dealkylation sites (N-methyl/N-ethyl adjacent to an activating group) is 1. The molecular formula is C11H15BrClFN2O. The molecule has 1 amide bonds. The fourth-order valence-electron chi connectivity index (χ4n) is 1.23. The second kappa shape index (κ2) is 8.44. The maximum Gasteiger partial charge on any atom is 0.251 e. The smallest absolute Gasteiger partial charge is 0.251 e. The first kappa shape index (κ1) is 16.4. The predicted octanol–water partition coefficient (Wildman–Crippen LogP) is 2.35. The molecule has 0 unspecified atom stereocenters. The highest BCUT2D eigenvalue weighted by Crippen LogP contribution is 2.14. The van der Waals surface area contributed by atoms with Gasteiger partial charge in [0, 0.05) is 23.1 Å². The van der Waals surface area contributed by atoms with Crippen molar-refractivity contribution in [3.63, 3.8) is 0 Å². The summed E-state index contributed by atoms with van der Waals surface area (Å²) in [6, 6.07) is 4.12. The van der Waals surface area contributed by atoms with Gasteiger partial charge in [0.05, 0.1) is 0 Å². The van der Waals surface area contributed by atoms with E-state index in [0.29, 0.717) is 23.1 Å². The zero-order valence-electron chi connectivity index (χ0n) is 9.43. The van der Waals surface area contributed by atoms with E-state index >= 15 is 0 Å². The molecule has 0 saturated carbocycles. The van der Waals surface area contributed by atoms with Crippen molar-refractivity contribution in [1.29, 1.82) is 0 Å². The first-order valence-corrected chi connectivity index (χ1v) is 5.87. The lowest BCUT2D eigenvalue weighted by Gasteiger charge is -2.06. The fourth-order valence-corrected chi connectivity index (χ4v) is 1.69. The number of rotatable bonds is 5. The second-order valence-corrected chi connectivity index (χ2v) is 4.18. The van der Waals surface area contributed by atoms with Crippen molar-refractivity contribution in [3.8, 4) is 0 Å². The summed E-state index contributed by atoms with van der Waals surface area (Å²) >= 11 is 3.14. The van der Waals surface area contributed by atoms with Crippen molar-refractivity contribution in [2.75, 3.05) is 19.6 Å². The number of benzene rings is 1. The van der Waals surface area contributed by atoms with Crippen LogP contribution < -0.4 is 10.6 Å². The topological polar surface area (TPSA) is 41.1 Å². The molecular weight excluding hydrogens is 310 g/mol. The van der Waals surface area contributed by atoms with Gasteiger partial charge in [0.2, 0.25) is 0 Å². The normalized spacial score (nSPS) is 9.59. The summed E-state index contributed by atoms with van der Waals surface area (Å²) in [6.45, 7) is 4.09.